The number of nitrogens with zero attached hydrogens (tertiary/aromatic N) is 4. The van der Waals surface area contributed by atoms with Gasteiger partial charge in [0.1, 0.15) is 5.75 Å². The van der Waals surface area contributed by atoms with Gasteiger partial charge in [0, 0.05) is 44.7 Å². The largest absolute Gasteiger partial charge is 0.496 e. The van der Waals surface area contributed by atoms with Gasteiger partial charge in [-0.2, -0.15) is 0 Å². The van der Waals surface area contributed by atoms with Crippen molar-refractivity contribution in [2.45, 2.75) is 18.8 Å². The first kappa shape index (κ1) is 17.0. The number of carbonyl (C=O) groups excluding carboxylic acids is 1. The van der Waals surface area contributed by atoms with Crippen LogP contribution in [0.15, 0.2) is 30.5 Å². The van der Waals surface area contributed by atoms with E-state index in [1.807, 2.05) is 24.3 Å². The average molecular weight is 352 g/mol. The van der Waals surface area contributed by atoms with Gasteiger partial charge in [0.05, 0.1) is 18.4 Å². The molecule has 0 radical (unpaired) electrons. The Bertz CT molecular complexity index is 815. The van der Waals surface area contributed by atoms with Gasteiger partial charge in [0.2, 0.25) is 5.95 Å². The first-order valence-electron chi connectivity index (χ1n) is 9.11. The highest BCUT2D eigenvalue weighted by atomic mass is 16.5. The van der Waals surface area contributed by atoms with Gasteiger partial charge in [-0.1, -0.05) is 18.2 Å². The Labute approximate surface area is 153 Å². The molecule has 1 atom stereocenters. The monoisotopic (exact) mass is 352 g/mol. The van der Waals surface area contributed by atoms with E-state index in [-0.39, 0.29) is 11.7 Å². The van der Waals surface area contributed by atoms with E-state index in [1.54, 1.807) is 13.3 Å². The highest BCUT2D eigenvalue weighted by Gasteiger charge is 2.30. The normalized spacial score (nSPS) is 20.8. The SMILES string of the molecule is COc1ccccc1[C@@H]1CC(=O)c2cnc(N3CCN(C)CC3)nc2C1. The van der Waals surface area contributed by atoms with E-state index in [0.717, 1.165) is 55.6 Å². The van der Waals surface area contributed by atoms with Crippen LogP contribution < -0.4 is 9.64 Å². The number of para-hydroxylation sites is 1. The minimum Gasteiger partial charge on any atom is -0.496 e. The molecule has 4 rings (SSSR count). The maximum Gasteiger partial charge on any atom is 0.225 e. The van der Waals surface area contributed by atoms with E-state index >= 15 is 0 Å². The highest BCUT2D eigenvalue weighted by molar-refractivity contribution is 5.98. The quantitative estimate of drug-likeness (QED) is 0.844. The number of carbonyl (C=O) groups is 1. The number of likely N-dealkylation sites (N-methyl/N-ethyl adjacent to an activating group) is 1. The lowest BCUT2D eigenvalue weighted by molar-refractivity contribution is 0.0962. The number of hydrogen-bond acceptors (Lipinski definition) is 6. The summed E-state index contributed by atoms with van der Waals surface area (Å²) < 4.78 is 5.49. The van der Waals surface area contributed by atoms with Crippen LogP contribution in [0.25, 0.3) is 0 Å². The summed E-state index contributed by atoms with van der Waals surface area (Å²) in [6.45, 7) is 3.84. The van der Waals surface area contributed by atoms with Gasteiger partial charge in [-0.05, 0) is 25.1 Å². The fourth-order valence-electron chi connectivity index (χ4n) is 3.82. The zero-order valence-electron chi connectivity index (χ0n) is 15.3. The van der Waals surface area contributed by atoms with Gasteiger partial charge >= 0.3 is 0 Å². The Morgan fingerprint density at radius 2 is 1.88 bits per heavy atom. The molecule has 0 amide bonds. The number of ketones is 1. The molecule has 1 saturated heterocycles. The molecule has 2 heterocycles. The van der Waals surface area contributed by atoms with Gasteiger partial charge in [0.25, 0.3) is 0 Å². The van der Waals surface area contributed by atoms with Crippen LogP contribution in [-0.4, -0.2) is 61.0 Å². The second kappa shape index (κ2) is 7.03. The Morgan fingerprint density at radius 3 is 2.65 bits per heavy atom. The number of ether oxygens (including phenoxy) is 1. The number of benzene rings is 1. The maximum absolute atomic E-state index is 12.7. The van der Waals surface area contributed by atoms with Crippen molar-refractivity contribution < 1.29 is 9.53 Å². The summed E-state index contributed by atoms with van der Waals surface area (Å²) in [5.41, 5.74) is 2.61. The number of rotatable bonds is 3. The fourth-order valence-corrected chi connectivity index (χ4v) is 3.82. The molecule has 1 aromatic carbocycles. The first-order valence-corrected chi connectivity index (χ1v) is 9.11. The lowest BCUT2D eigenvalue weighted by Crippen LogP contribution is -2.45. The summed E-state index contributed by atoms with van der Waals surface area (Å²) in [6, 6.07) is 7.94. The van der Waals surface area contributed by atoms with E-state index in [4.69, 9.17) is 9.72 Å². The minimum atomic E-state index is 0.0985. The molecule has 2 aromatic rings. The Hall–Kier alpha value is -2.47. The summed E-state index contributed by atoms with van der Waals surface area (Å²) in [7, 11) is 3.80. The Balaban J connectivity index is 1.62. The van der Waals surface area contributed by atoms with Crippen LogP contribution >= 0.6 is 0 Å². The molecule has 6 heteroatoms. The molecule has 0 saturated carbocycles. The van der Waals surface area contributed by atoms with Crippen molar-refractivity contribution in [3.63, 3.8) is 0 Å². The smallest absolute Gasteiger partial charge is 0.225 e. The molecule has 136 valence electrons. The number of fused-ring (bicyclic) bond motifs is 1. The summed E-state index contributed by atoms with van der Waals surface area (Å²) in [5, 5.41) is 0. The Kier molecular flexibility index (Phi) is 4.59. The summed E-state index contributed by atoms with van der Waals surface area (Å²) >= 11 is 0. The molecule has 1 aromatic heterocycles. The predicted molar refractivity (Wildman–Crippen MR) is 100 cm³/mol. The molecule has 0 spiro atoms. The van der Waals surface area contributed by atoms with Crippen molar-refractivity contribution >= 4 is 11.7 Å². The average Bonchev–Trinajstić information content (AvgIpc) is 2.68. The molecular weight excluding hydrogens is 328 g/mol. The molecule has 6 nitrogen and oxygen atoms in total. The second-order valence-corrected chi connectivity index (χ2v) is 7.09. The van der Waals surface area contributed by atoms with E-state index < -0.39 is 0 Å². The highest BCUT2D eigenvalue weighted by Crippen LogP contribution is 2.36. The number of hydrogen-bond donors (Lipinski definition) is 0. The van der Waals surface area contributed by atoms with E-state index in [9.17, 15) is 4.79 Å². The number of methoxy groups -OCH3 is 1. The molecule has 0 bridgehead atoms. The molecular formula is C20H24N4O2. The number of anilines is 1. The van der Waals surface area contributed by atoms with Gasteiger partial charge in [0.15, 0.2) is 5.78 Å². The molecule has 1 fully saturated rings. The lowest BCUT2D eigenvalue weighted by atomic mass is 9.82. The maximum atomic E-state index is 12.7. The van der Waals surface area contributed by atoms with E-state index in [1.165, 1.54) is 0 Å². The summed E-state index contributed by atoms with van der Waals surface area (Å²) in [5.74, 6) is 1.79. The lowest BCUT2D eigenvalue weighted by Gasteiger charge is -2.33. The summed E-state index contributed by atoms with van der Waals surface area (Å²) in [4.78, 5) is 26.4. The Morgan fingerprint density at radius 1 is 1.12 bits per heavy atom. The predicted octanol–water partition coefficient (Wildman–Crippen LogP) is 2.15. The van der Waals surface area contributed by atoms with Gasteiger partial charge in [-0.3, -0.25) is 4.79 Å². The number of piperazine rings is 1. The van der Waals surface area contributed by atoms with Crippen molar-refractivity contribution in [3.8, 4) is 5.75 Å². The van der Waals surface area contributed by atoms with Gasteiger partial charge < -0.3 is 14.5 Å². The number of aromatic nitrogens is 2. The zero-order chi connectivity index (χ0) is 18.1. The van der Waals surface area contributed by atoms with Gasteiger partial charge in [-0.25, -0.2) is 9.97 Å². The topological polar surface area (TPSA) is 58.6 Å². The number of Topliss-reactive ketones (excluding diaryl/α,β-unsaturated/α-hetero) is 1. The fraction of sp³-hybridized carbons (Fsp3) is 0.450. The van der Waals surface area contributed by atoms with Crippen molar-refractivity contribution in [1.82, 2.24) is 14.9 Å². The van der Waals surface area contributed by atoms with E-state index in [2.05, 4.69) is 21.8 Å². The second-order valence-electron chi connectivity index (χ2n) is 7.09. The van der Waals surface area contributed by atoms with E-state index in [0.29, 0.717) is 12.0 Å². The third kappa shape index (κ3) is 3.17. The zero-order valence-corrected chi connectivity index (χ0v) is 15.3. The van der Waals surface area contributed by atoms with Crippen LogP contribution in [0.4, 0.5) is 5.95 Å². The molecule has 2 aliphatic rings. The third-order valence-electron chi connectivity index (χ3n) is 5.39. The van der Waals surface area contributed by atoms with Crippen molar-refractivity contribution in [3.05, 3.63) is 47.3 Å². The van der Waals surface area contributed by atoms with Crippen LogP contribution in [0.5, 0.6) is 5.75 Å². The van der Waals surface area contributed by atoms with Crippen molar-refractivity contribution in [1.29, 1.82) is 0 Å². The standard InChI is InChI=1S/C20H24N4O2/c1-23-7-9-24(10-8-23)20-21-13-16-17(22-20)11-14(12-18(16)25)15-5-3-4-6-19(15)26-2/h3-6,13-14H,7-12H2,1-2H3/t14-/m0/s1. The molecule has 26 heavy (non-hydrogen) atoms. The van der Waals surface area contributed by atoms with Crippen LogP contribution in [0, 0.1) is 0 Å². The van der Waals surface area contributed by atoms with Crippen LogP contribution in [0.2, 0.25) is 0 Å². The third-order valence-corrected chi connectivity index (χ3v) is 5.39. The minimum absolute atomic E-state index is 0.0985. The summed E-state index contributed by atoms with van der Waals surface area (Å²) in [6.07, 6.45) is 2.94. The molecule has 1 aliphatic carbocycles. The molecule has 0 N–H and O–H groups in total. The molecule has 0 unspecified atom stereocenters. The van der Waals surface area contributed by atoms with Crippen LogP contribution in [-0.2, 0) is 6.42 Å². The molecule has 1 aliphatic heterocycles. The van der Waals surface area contributed by atoms with Crippen LogP contribution in [0.3, 0.4) is 0 Å². The van der Waals surface area contributed by atoms with Crippen LogP contribution in [0.1, 0.15) is 34.0 Å². The van der Waals surface area contributed by atoms with Gasteiger partial charge in [-0.15, -0.1) is 0 Å². The van der Waals surface area contributed by atoms with Crippen molar-refractivity contribution in [2.24, 2.45) is 0 Å². The van der Waals surface area contributed by atoms with Crippen molar-refractivity contribution in [2.75, 3.05) is 45.2 Å². The first-order chi connectivity index (χ1) is 12.7.